The van der Waals surface area contributed by atoms with E-state index in [1.54, 1.807) is 0 Å². The molecule has 0 aliphatic heterocycles. The van der Waals surface area contributed by atoms with Crippen molar-refractivity contribution in [2.75, 3.05) is 19.0 Å². The largest absolute Gasteiger partial charge is 0.378 e. The molecule has 1 aromatic heterocycles. The third-order valence-electron chi connectivity index (χ3n) is 4.02. The number of rotatable bonds is 4. The molecule has 2 N–H and O–H groups in total. The summed E-state index contributed by atoms with van der Waals surface area (Å²) in [6.45, 7) is 2.98. The van der Waals surface area contributed by atoms with Gasteiger partial charge in [0.1, 0.15) is 5.82 Å². The van der Waals surface area contributed by atoms with Gasteiger partial charge in [-0.1, -0.05) is 24.3 Å². The summed E-state index contributed by atoms with van der Waals surface area (Å²) < 4.78 is 2.20. The molecule has 0 saturated carbocycles. The van der Waals surface area contributed by atoms with Crippen molar-refractivity contribution in [2.45, 2.75) is 19.5 Å². The number of benzene rings is 2. The fraction of sp³-hybridized carbons (Fsp3) is 0.278. The summed E-state index contributed by atoms with van der Waals surface area (Å²) in [4.78, 5) is 6.84. The lowest BCUT2D eigenvalue weighted by atomic mass is 10.1. The highest BCUT2D eigenvalue weighted by Gasteiger charge is 2.18. The highest BCUT2D eigenvalue weighted by Crippen LogP contribution is 2.26. The van der Waals surface area contributed by atoms with Crippen LogP contribution in [0.15, 0.2) is 48.5 Å². The zero-order chi connectivity index (χ0) is 15.7. The monoisotopic (exact) mass is 294 g/mol. The molecule has 0 bridgehead atoms. The molecule has 0 spiro atoms. The van der Waals surface area contributed by atoms with Crippen LogP contribution in [-0.2, 0) is 6.54 Å². The number of hydrogen-bond donors (Lipinski definition) is 1. The second-order valence-corrected chi connectivity index (χ2v) is 5.67. The Hall–Kier alpha value is -2.33. The van der Waals surface area contributed by atoms with Crippen molar-refractivity contribution in [3.05, 3.63) is 59.9 Å². The first kappa shape index (κ1) is 14.6. The molecule has 3 aromatic rings. The number of anilines is 1. The molecule has 0 aliphatic carbocycles. The maximum Gasteiger partial charge on any atom is 0.131 e. The summed E-state index contributed by atoms with van der Waals surface area (Å²) >= 11 is 0. The van der Waals surface area contributed by atoms with E-state index < -0.39 is 0 Å². The summed E-state index contributed by atoms with van der Waals surface area (Å²) in [5.74, 6) is 0.916. The van der Waals surface area contributed by atoms with Crippen LogP contribution in [-0.4, -0.2) is 23.6 Å². The molecule has 2 aromatic carbocycles. The number of aryl methyl sites for hydroxylation is 1. The quantitative estimate of drug-likeness (QED) is 0.804. The van der Waals surface area contributed by atoms with Gasteiger partial charge in [-0.2, -0.15) is 0 Å². The minimum Gasteiger partial charge on any atom is -0.378 e. The molecule has 1 atom stereocenters. The fourth-order valence-electron chi connectivity index (χ4n) is 2.81. The molecule has 3 rings (SSSR count). The van der Waals surface area contributed by atoms with Crippen LogP contribution in [0.2, 0.25) is 0 Å². The van der Waals surface area contributed by atoms with Crippen LogP contribution in [0.5, 0.6) is 0 Å². The van der Waals surface area contributed by atoms with Crippen molar-refractivity contribution in [2.24, 2.45) is 5.73 Å². The van der Waals surface area contributed by atoms with E-state index in [4.69, 9.17) is 10.7 Å². The van der Waals surface area contributed by atoms with E-state index in [1.165, 1.54) is 0 Å². The molecule has 0 amide bonds. The average molecular weight is 294 g/mol. The van der Waals surface area contributed by atoms with E-state index in [0.29, 0.717) is 0 Å². The summed E-state index contributed by atoms with van der Waals surface area (Å²) in [6, 6.07) is 16.3. The SMILES string of the molecule is CCn1c(C(N)c2cccc(N(C)C)c2)nc2ccccc21. The first-order valence-electron chi connectivity index (χ1n) is 7.60. The number of nitrogens with two attached hydrogens (primary N) is 1. The van der Waals surface area contributed by atoms with E-state index >= 15 is 0 Å². The molecule has 0 fully saturated rings. The standard InChI is InChI=1S/C18H22N4/c1-4-22-16-11-6-5-10-15(16)20-18(22)17(19)13-8-7-9-14(12-13)21(2)3/h5-12,17H,4,19H2,1-3H3. The van der Waals surface area contributed by atoms with Crippen molar-refractivity contribution < 1.29 is 0 Å². The Morgan fingerprint density at radius 1 is 1.14 bits per heavy atom. The summed E-state index contributed by atoms with van der Waals surface area (Å²) in [5.41, 5.74) is 10.9. The summed E-state index contributed by atoms with van der Waals surface area (Å²) in [5, 5.41) is 0. The molecule has 4 nitrogen and oxygen atoms in total. The topological polar surface area (TPSA) is 47.1 Å². The van der Waals surface area contributed by atoms with E-state index in [-0.39, 0.29) is 6.04 Å². The van der Waals surface area contributed by atoms with Crippen LogP contribution in [0.3, 0.4) is 0 Å². The van der Waals surface area contributed by atoms with Crippen molar-refractivity contribution >= 4 is 16.7 Å². The predicted octanol–water partition coefficient (Wildman–Crippen LogP) is 3.17. The Bertz CT molecular complexity index is 789. The van der Waals surface area contributed by atoms with Crippen LogP contribution < -0.4 is 10.6 Å². The second kappa shape index (κ2) is 5.81. The van der Waals surface area contributed by atoms with Crippen molar-refractivity contribution in [1.29, 1.82) is 0 Å². The Balaban J connectivity index is 2.08. The number of para-hydroxylation sites is 2. The van der Waals surface area contributed by atoms with Crippen LogP contribution in [0.4, 0.5) is 5.69 Å². The van der Waals surface area contributed by atoms with Gasteiger partial charge >= 0.3 is 0 Å². The molecule has 0 saturated heterocycles. The van der Waals surface area contributed by atoms with Crippen molar-refractivity contribution in [3.63, 3.8) is 0 Å². The normalized spacial score (nSPS) is 12.5. The van der Waals surface area contributed by atoms with Gasteiger partial charge in [-0.25, -0.2) is 4.98 Å². The highest BCUT2D eigenvalue weighted by atomic mass is 15.1. The lowest BCUT2D eigenvalue weighted by Crippen LogP contribution is -2.18. The molecule has 1 heterocycles. The molecule has 22 heavy (non-hydrogen) atoms. The van der Waals surface area contributed by atoms with Gasteiger partial charge in [-0.3, -0.25) is 0 Å². The van der Waals surface area contributed by atoms with Crippen molar-refractivity contribution in [3.8, 4) is 0 Å². The number of fused-ring (bicyclic) bond motifs is 1. The third-order valence-corrected chi connectivity index (χ3v) is 4.02. The molecule has 1 unspecified atom stereocenters. The molecule has 0 aliphatic rings. The van der Waals surface area contributed by atoms with Gasteiger partial charge < -0.3 is 15.2 Å². The molecular formula is C18H22N4. The first-order valence-corrected chi connectivity index (χ1v) is 7.60. The second-order valence-electron chi connectivity index (χ2n) is 5.67. The van der Waals surface area contributed by atoms with Crippen molar-refractivity contribution in [1.82, 2.24) is 9.55 Å². The molecule has 4 heteroatoms. The van der Waals surface area contributed by atoms with Gasteiger partial charge in [0.25, 0.3) is 0 Å². The van der Waals surface area contributed by atoms with Crippen LogP contribution in [0, 0.1) is 0 Å². The lowest BCUT2D eigenvalue weighted by Gasteiger charge is -2.17. The number of nitrogens with zero attached hydrogens (tertiary/aromatic N) is 3. The fourth-order valence-corrected chi connectivity index (χ4v) is 2.81. The highest BCUT2D eigenvalue weighted by molar-refractivity contribution is 5.76. The zero-order valence-corrected chi connectivity index (χ0v) is 13.3. The van der Waals surface area contributed by atoms with Gasteiger partial charge in [0, 0.05) is 26.3 Å². The lowest BCUT2D eigenvalue weighted by molar-refractivity contribution is 0.671. The number of imidazole rings is 1. The maximum absolute atomic E-state index is 6.52. The van der Waals surface area contributed by atoms with Crippen LogP contribution in [0.25, 0.3) is 11.0 Å². The van der Waals surface area contributed by atoms with E-state index in [1.807, 2.05) is 38.4 Å². The Labute approximate surface area is 131 Å². The van der Waals surface area contributed by atoms with Crippen LogP contribution >= 0.6 is 0 Å². The van der Waals surface area contributed by atoms with Gasteiger partial charge in [0.2, 0.25) is 0 Å². The third kappa shape index (κ3) is 2.46. The Morgan fingerprint density at radius 2 is 1.91 bits per heavy atom. The summed E-state index contributed by atoms with van der Waals surface area (Å²) in [7, 11) is 4.07. The van der Waals surface area contributed by atoms with E-state index in [9.17, 15) is 0 Å². The Morgan fingerprint density at radius 3 is 2.64 bits per heavy atom. The predicted molar refractivity (Wildman–Crippen MR) is 92.2 cm³/mol. The minimum absolute atomic E-state index is 0.229. The zero-order valence-electron chi connectivity index (χ0n) is 13.3. The minimum atomic E-state index is -0.229. The molecule has 0 radical (unpaired) electrons. The molecular weight excluding hydrogens is 272 g/mol. The number of hydrogen-bond acceptors (Lipinski definition) is 3. The van der Waals surface area contributed by atoms with Gasteiger partial charge in [-0.15, -0.1) is 0 Å². The maximum atomic E-state index is 6.52. The van der Waals surface area contributed by atoms with Gasteiger partial charge in [0.15, 0.2) is 0 Å². The Kier molecular flexibility index (Phi) is 3.86. The van der Waals surface area contributed by atoms with E-state index in [0.717, 1.165) is 34.7 Å². The average Bonchev–Trinajstić information content (AvgIpc) is 2.92. The smallest absolute Gasteiger partial charge is 0.131 e. The van der Waals surface area contributed by atoms with Crippen LogP contribution in [0.1, 0.15) is 24.4 Å². The summed E-state index contributed by atoms with van der Waals surface area (Å²) in [6.07, 6.45) is 0. The first-order chi connectivity index (χ1) is 10.6. The molecule has 114 valence electrons. The number of aromatic nitrogens is 2. The van der Waals surface area contributed by atoms with Gasteiger partial charge in [0.05, 0.1) is 17.1 Å². The van der Waals surface area contributed by atoms with E-state index in [2.05, 4.69) is 40.7 Å². The van der Waals surface area contributed by atoms with Gasteiger partial charge in [-0.05, 0) is 36.8 Å².